The minimum atomic E-state index is -1.07. The van der Waals surface area contributed by atoms with Crippen molar-refractivity contribution >= 4 is 12.0 Å². The largest absolute Gasteiger partial charge is 0.497 e. The number of ether oxygens (including phenoxy) is 1. The van der Waals surface area contributed by atoms with Crippen LogP contribution < -0.4 is 15.4 Å². The molecule has 2 amide bonds. The van der Waals surface area contributed by atoms with Crippen LogP contribution in [-0.2, 0) is 17.8 Å². The first-order chi connectivity index (χ1) is 11.6. The summed E-state index contributed by atoms with van der Waals surface area (Å²) in [6, 6.07) is 14.9. The van der Waals surface area contributed by atoms with Crippen molar-refractivity contribution in [1.29, 1.82) is 0 Å². The molecule has 3 N–H and O–H groups in total. The minimum Gasteiger partial charge on any atom is -0.497 e. The molecular formula is C18H20N2O4. The second-order valence-corrected chi connectivity index (χ2v) is 5.26. The van der Waals surface area contributed by atoms with Gasteiger partial charge in [0.2, 0.25) is 0 Å². The molecule has 2 rings (SSSR count). The van der Waals surface area contributed by atoms with Crippen LogP contribution in [0.1, 0.15) is 11.1 Å². The quantitative estimate of drug-likeness (QED) is 0.727. The van der Waals surface area contributed by atoms with Gasteiger partial charge in [0, 0.05) is 13.0 Å². The molecule has 0 heterocycles. The molecule has 0 spiro atoms. The third-order valence-corrected chi connectivity index (χ3v) is 3.47. The number of nitrogens with one attached hydrogen (secondary N) is 2. The first-order valence-corrected chi connectivity index (χ1v) is 7.52. The van der Waals surface area contributed by atoms with Gasteiger partial charge in [0.15, 0.2) is 0 Å². The molecular weight excluding hydrogens is 308 g/mol. The zero-order valence-corrected chi connectivity index (χ0v) is 13.4. The lowest BCUT2D eigenvalue weighted by atomic mass is 10.1. The molecule has 2 aromatic carbocycles. The van der Waals surface area contributed by atoms with E-state index in [0.29, 0.717) is 5.75 Å². The van der Waals surface area contributed by atoms with Crippen LogP contribution in [-0.4, -0.2) is 30.3 Å². The van der Waals surface area contributed by atoms with Crippen LogP contribution in [0.5, 0.6) is 5.75 Å². The average Bonchev–Trinajstić information content (AvgIpc) is 2.60. The molecule has 0 saturated heterocycles. The third-order valence-electron chi connectivity index (χ3n) is 3.47. The van der Waals surface area contributed by atoms with Crippen molar-refractivity contribution < 1.29 is 19.4 Å². The number of methoxy groups -OCH3 is 1. The van der Waals surface area contributed by atoms with Crippen molar-refractivity contribution in [1.82, 2.24) is 10.6 Å². The van der Waals surface area contributed by atoms with Crippen LogP contribution in [0.4, 0.5) is 4.79 Å². The minimum absolute atomic E-state index is 0.225. The highest BCUT2D eigenvalue weighted by molar-refractivity contribution is 5.82. The Labute approximate surface area is 140 Å². The monoisotopic (exact) mass is 328 g/mol. The maximum Gasteiger partial charge on any atom is 0.326 e. The van der Waals surface area contributed by atoms with Crippen LogP contribution in [0.2, 0.25) is 0 Å². The fraction of sp³-hybridized carbons (Fsp3) is 0.222. The van der Waals surface area contributed by atoms with Gasteiger partial charge < -0.3 is 20.5 Å². The highest BCUT2D eigenvalue weighted by Gasteiger charge is 2.20. The van der Waals surface area contributed by atoms with Crippen molar-refractivity contribution in [2.24, 2.45) is 0 Å². The summed E-state index contributed by atoms with van der Waals surface area (Å²) in [4.78, 5) is 23.3. The summed E-state index contributed by atoms with van der Waals surface area (Å²) in [6.45, 7) is 0.278. The number of rotatable bonds is 7. The summed E-state index contributed by atoms with van der Waals surface area (Å²) in [7, 11) is 1.57. The second-order valence-electron chi connectivity index (χ2n) is 5.26. The highest BCUT2D eigenvalue weighted by atomic mass is 16.5. The molecule has 6 nitrogen and oxygen atoms in total. The normalized spacial score (nSPS) is 11.4. The standard InChI is InChI=1S/C18H20N2O4/c1-24-15-9-5-8-14(10-15)12-19-18(23)20-16(17(21)22)11-13-6-3-2-4-7-13/h2-10,16H,11-12H2,1H3,(H,21,22)(H2,19,20,23)/t16-/m0/s1. The van der Waals surface area contributed by atoms with E-state index >= 15 is 0 Å². The fourth-order valence-corrected chi connectivity index (χ4v) is 2.22. The molecule has 0 aromatic heterocycles. The number of benzene rings is 2. The van der Waals surface area contributed by atoms with Gasteiger partial charge in [0.1, 0.15) is 11.8 Å². The maximum atomic E-state index is 12.0. The molecule has 0 fully saturated rings. The Morgan fingerprint density at radius 2 is 1.79 bits per heavy atom. The van der Waals surface area contributed by atoms with Crippen molar-refractivity contribution in [3.05, 3.63) is 65.7 Å². The van der Waals surface area contributed by atoms with E-state index in [1.165, 1.54) is 0 Å². The van der Waals surface area contributed by atoms with Crippen LogP contribution in [0.15, 0.2) is 54.6 Å². The molecule has 0 aliphatic rings. The van der Waals surface area contributed by atoms with Crippen LogP contribution >= 0.6 is 0 Å². The maximum absolute atomic E-state index is 12.0. The van der Waals surface area contributed by atoms with E-state index in [1.807, 2.05) is 48.5 Å². The summed E-state index contributed by atoms with van der Waals surface area (Å²) in [5.41, 5.74) is 1.71. The van der Waals surface area contributed by atoms with Gasteiger partial charge in [-0.15, -0.1) is 0 Å². The number of carbonyl (C=O) groups excluding carboxylic acids is 1. The summed E-state index contributed by atoms with van der Waals surface area (Å²) in [6.07, 6.45) is 0.225. The molecule has 0 radical (unpaired) electrons. The van der Waals surface area contributed by atoms with Crippen LogP contribution in [0.25, 0.3) is 0 Å². The van der Waals surface area contributed by atoms with E-state index in [2.05, 4.69) is 10.6 Å². The molecule has 24 heavy (non-hydrogen) atoms. The lowest BCUT2D eigenvalue weighted by molar-refractivity contribution is -0.139. The number of aliphatic carboxylic acids is 1. The zero-order chi connectivity index (χ0) is 17.4. The topological polar surface area (TPSA) is 87.7 Å². The van der Waals surface area contributed by atoms with Gasteiger partial charge in [-0.25, -0.2) is 9.59 Å². The van der Waals surface area contributed by atoms with Gasteiger partial charge in [-0.2, -0.15) is 0 Å². The number of carboxylic acids is 1. The zero-order valence-electron chi connectivity index (χ0n) is 13.4. The Bertz CT molecular complexity index is 688. The Kier molecular flexibility index (Phi) is 6.19. The van der Waals surface area contributed by atoms with Crippen molar-refractivity contribution in [3.8, 4) is 5.75 Å². The summed E-state index contributed by atoms with van der Waals surface area (Å²) in [5.74, 6) is -0.377. The Hall–Kier alpha value is -3.02. The first kappa shape index (κ1) is 17.3. The molecule has 0 saturated carbocycles. The third kappa shape index (κ3) is 5.31. The summed E-state index contributed by atoms with van der Waals surface area (Å²) in [5, 5.41) is 14.4. The predicted molar refractivity (Wildman–Crippen MR) is 89.9 cm³/mol. The van der Waals surface area contributed by atoms with Gasteiger partial charge in [-0.3, -0.25) is 0 Å². The van der Waals surface area contributed by atoms with Crippen molar-refractivity contribution in [2.75, 3.05) is 7.11 Å². The average molecular weight is 328 g/mol. The van der Waals surface area contributed by atoms with Crippen molar-refractivity contribution in [3.63, 3.8) is 0 Å². The number of amides is 2. The smallest absolute Gasteiger partial charge is 0.326 e. The number of carboxylic acid groups (broad SMARTS) is 1. The molecule has 0 unspecified atom stereocenters. The molecule has 0 aliphatic carbocycles. The lowest BCUT2D eigenvalue weighted by Crippen LogP contribution is -2.46. The number of carbonyl (C=O) groups is 2. The molecule has 1 atom stereocenters. The Morgan fingerprint density at radius 3 is 2.46 bits per heavy atom. The van der Waals surface area contributed by atoms with E-state index in [0.717, 1.165) is 11.1 Å². The molecule has 126 valence electrons. The SMILES string of the molecule is COc1cccc(CNC(=O)N[C@@H](Cc2ccccc2)C(=O)O)c1. The summed E-state index contributed by atoms with van der Waals surface area (Å²) >= 11 is 0. The molecule has 0 bridgehead atoms. The van der Waals surface area contributed by atoms with Gasteiger partial charge >= 0.3 is 12.0 Å². The number of urea groups is 1. The number of hydrogen-bond acceptors (Lipinski definition) is 3. The van der Waals surface area contributed by atoms with E-state index in [9.17, 15) is 14.7 Å². The second kappa shape index (κ2) is 8.57. The van der Waals surface area contributed by atoms with Gasteiger partial charge in [-0.05, 0) is 23.3 Å². The van der Waals surface area contributed by atoms with E-state index in [1.54, 1.807) is 13.2 Å². The molecule has 0 aliphatic heterocycles. The highest BCUT2D eigenvalue weighted by Crippen LogP contribution is 2.12. The lowest BCUT2D eigenvalue weighted by Gasteiger charge is -2.15. The van der Waals surface area contributed by atoms with Crippen LogP contribution in [0, 0.1) is 0 Å². The van der Waals surface area contributed by atoms with Gasteiger partial charge in [0.05, 0.1) is 7.11 Å². The number of hydrogen-bond donors (Lipinski definition) is 3. The predicted octanol–water partition coefficient (Wildman–Crippen LogP) is 2.19. The van der Waals surface area contributed by atoms with E-state index in [4.69, 9.17) is 4.74 Å². The van der Waals surface area contributed by atoms with E-state index < -0.39 is 18.0 Å². The fourth-order valence-electron chi connectivity index (χ4n) is 2.22. The van der Waals surface area contributed by atoms with Gasteiger partial charge in [0.25, 0.3) is 0 Å². The van der Waals surface area contributed by atoms with Gasteiger partial charge in [-0.1, -0.05) is 42.5 Å². The Morgan fingerprint density at radius 1 is 1.08 bits per heavy atom. The summed E-state index contributed by atoms with van der Waals surface area (Å²) < 4.78 is 5.12. The first-order valence-electron chi connectivity index (χ1n) is 7.52. The van der Waals surface area contributed by atoms with Crippen LogP contribution in [0.3, 0.4) is 0 Å². The Balaban J connectivity index is 1.89. The molecule has 2 aromatic rings. The molecule has 6 heteroatoms. The van der Waals surface area contributed by atoms with Crippen molar-refractivity contribution in [2.45, 2.75) is 19.0 Å². The van der Waals surface area contributed by atoms with E-state index in [-0.39, 0.29) is 13.0 Å².